The number of fused-ring (bicyclic) bond motifs is 3. The van der Waals surface area contributed by atoms with Gasteiger partial charge in [-0.3, -0.25) is 0 Å². The molecule has 0 heterocycles. The average Bonchev–Trinajstić information content (AvgIpc) is 2.65. The highest BCUT2D eigenvalue weighted by atomic mass is 14.3. The van der Waals surface area contributed by atoms with Gasteiger partial charge in [0.05, 0.1) is 0 Å². The summed E-state index contributed by atoms with van der Waals surface area (Å²) in [5, 5.41) is 0. The second-order valence-electron chi connectivity index (χ2n) is 5.54. The van der Waals surface area contributed by atoms with E-state index in [0.29, 0.717) is 5.92 Å². The van der Waals surface area contributed by atoms with Gasteiger partial charge in [0.2, 0.25) is 0 Å². The minimum absolute atomic E-state index is 0.594. The fraction of sp³-hybridized carbons (Fsp3) is 0.333. The monoisotopic (exact) mass is 236 g/mol. The Hall–Kier alpha value is -1.56. The lowest BCUT2D eigenvalue weighted by Gasteiger charge is -2.15. The van der Waals surface area contributed by atoms with Gasteiger partial charge in [-0.25, -0.2) is 0 Å². The molecule has 0 radical (unpaired) electrons. The summed E-state index contributed by atoms with van der Waals surface area (Å²) in [7, 11) is 0. The molecule has 0 fully saturated rings. The quantitative estimate of drug-likeness (QED) is 0.643. The van der Waals surface area contributed by atoms with Crippen molar-refractivity contribution in [2.24, 2.45) is 0 Å². The van der Waals surface area contributed by atoms with E-state index in [1.54, 1.807) is 11.1 Å². The Morgan fingerprint density at radius 2 is 1.61 bits per heavy atom. The lowest BCUT2D eigenvalue weighted by molar-refractivity contribution is 0.785. The van der Waals surface area contributed by atoms with Gasteiger partial charge in [-0.05, 0) is 60.6 Å². The van der Waals surface area contributed by atoms with Crippen LogP contribution in [0.25, 0.3) is 11.1 Å². The summed E-state index contributed by atoms with van der Waals surface area (Å²) in [4.78, 5) is 0. The van der Waals surface area contributed by atoms with Gasteiger partial charge in [-0.2, -0.15) is 0 Å². The molecule has 0 saturated heterocycles. The van der Waals surface area contributed by atoms with E-state index >= 15 is 0 Å². The van der Waals surface area contributed by atoms with Crippen molar-refractivity contribution >= 4 is 0 Å². The van der Waals surface area contributed by atoms with Crippen molar-refractivity contribution in [1.29, 1.82) is 0 Å². The molecule has 0 N–H and O–H groups in total. The number of rotatable bonds is 1. The Morgan fingerprint density at radius 3 is 2.33 bits per heavy atom. The van der Waals surface area contributed by atoms with Crippen molar-refractivity contribution < 1.29 is 0 Å². The van der Waals surface area contributed by atoms with E-state index in [9.17, 15) is 0 Å². The highest BCUT2D eigenvalue weighted by Gasteiger charge is 2.29. The molecule has 0 aliphatic heterocycles. The van der Waals surface area contributed by atoms with Crippen LogP contribution in [0.5, 0.6) is 0 Å². The van der Waals surface area contributed by atoms with Crippen LogP contribution in [0.2, 0.25) is 0 Å². The van der Waals surface area contributed by atoms with Crippen LogP contribution in [0.4, 0.5) is 0 Å². The Balaban J connectivity index is 2.38. The number of hydrogen-bond acceptors (Lipinski definition) is 0. The predicted molar refractivity (Wildman–Crippen MR) is 78.2 cm³/mol. The Labute approximate surface area is 110 Å². The normalized spacial score (nSPS) is 16.6. The zero-order chi connectivity index (χ0) is 12.9. The summed E-state index contributed by atoms with van der Waals surface area (Å²) >= 11 is 0. The van der Waals surface area contributed by atoms with E-state index in [0.717, 1.165) is 0 Å². The third-order valence-electron chi connectivity index (χ3n) is 4.25. The van der Waals surface area contributed by atoms with Crippen LogP contribution in [-0.4, -0.2) is 0 Å². The smallest absolute Gasteiger partial charge is 0.0104 e. The second-order valence-corrected chi connectivity index (χ2v) is 5.54. The summed E-state index contributed by atoms with van der Waals surface area (Å²) in [5.41, 5.74) is 10.3. The molecule has 0 amide bonds. The molecule has 0 nitrogen and oxygen atoms in total. The molecule has 1 aliphatic rings. The van der Waals surface area contributed by atoms with Crippen LogP contribution in [0.15, 0.2) is 30.3 Å². The van der Waals surface area contributed by atoms with Gasteiger partial charge in [-0.15, -0.1) is 0 Å². The summed E-state index contributed by atoms with van der Waals surface area (Å²) in [6.45, 7) is 9.00. The Bertz CT molecular complexity index is 620. The third-order valence-corrected chi connectivity index (χ3v) is 4.25. The lowest BCUT2D eigenvalue weighted by atomic mass is 9.89. The predicted octanol–water partition coefficient (Wildman–Crippen LogP) is 5.13. The van der Waals surface area contributed by atoms with Crippen LogP contribution >= 0.6 is 0 Å². The fourth-order valence-electron chi connectivity index (χ4n) is 3.59. The van der Waals surface area contributed by atoms with Crippen molar-refractivity contribution in [3.63, 3.8) is 0 Å². The highest BCUT2D eigenvalue weighted by molar-refractivity contribution is 5.81. The molecule has 3 rings (SSSR count). The van der Waals surface area contributed by atoms with Crippen molar-refractivity contribution in [3.05, 3.63) is 58.1 Å². The minimum Gasteiger partial charge on any atom is -0.0645 e. The molecule has 0 spiro atoms. The first kappa shape index (κ1) is 11.5. The second kappa shape index (κ2) is 3.98. The van der Waals surface area contributed by atoms with Gasteiger partial charge in [-0.1, -0.05) is 42.8 Å². The highest BCUT2D eigenvalue weighted by Crippen LogP contribution is 2.49. The third kappa shape index (κ3) is 1.45. The lowest BCUT2D eigenvalue weighted by Crippen LogP contribution is -1.99. The molecule has 1 aliphatic carbocycles. The molecule has 0 aromatic heterocycles. The first-order valence-electron chi connectivity index (χ1n) is 6.84. The van der Waals surface area contributed by atoms with Gasteiger partial charge < -0.3 is 0 Å². The van der Waals surface area contributed by atoms with Gasteiger partial charge in [0, 0.05) is 5.92 Å². The van der Waals surface area contributed by atoms with E-state index in [4.69, 9.17) is 0 Å². The summed E-state index contributed by atoms with van der Waals surface area (Å²) < 4.78 is 0. The number of aryl methyl sites for hydroxylation is 3. The SMILES string of the molecule is CC[C@H]1c2c(C)cccc2-c2cc(C)cc(C)c21. The summed E-state index contributed by atoms with van der Waals surface area (Å²) in [6, 6.07) is 11.4. The maximum atomic E-state index is 2.36. The van der Waals surface area contributed by atoms with Crippen LogP contribution in [-0.2, 0) is 0 Å². The van der Waals surface area contributed by atoms with Gasteiger partial charge in [0.25, 0.3) is 0 Å². The maximum absolute atomic E-state index is 2.36. The molecule has 0 bridgehead atoms. The van der Waals surface area contributed by atoms with Crippen LogP contribution in [0, 0.1) is 20.8 Å². The van der Waals surface area contributed by atoms with Crippen LogP contribution in [0.1, 0.15) is 47.1 Å². The molecule has 1 atom stereocenters. The zero-order valence-electron chi connectivity index (χ0n) is 11.7. The van der Waals surface area contributed by atoms with Crippen LogP contribution < -0.4 is 0 Å². The first-order chi connectivity index (χ1) is 8.63. The standard InChI is InChI=1S/C18H20/c1-5-14-17-12(3)7-6-8-15(17)16-10-11(2)9-13(4)18(14)16/h6-10,14H,5H2,1-4H3/t14-/m0/s1. The molecule has 0 heteroatoms. The molecular weight excluding hydrogens is 216 g/mol. The maximum Gasteiger partial charge on any atom is 0.0104 e. The first-order valence-corrected chi connectivity index (χ1v) is 6.84. The van der Waals surface area contributed by atoms with Crippen LogP contribution in [0.3, 0.4) is 0 Å². The molecular formula is C18H20. The Morgan fingerprint density at radius 1 is 0.889 bits per heavy atom. The van der Waals surface area contributed by atoms with E-state index in [1.807, 2.05) is 0 Å². The molecule has 2 aromatic carbocycles. The van der Waals surface area contributed by atoms with Gasteiger partial charge in [0.1, 0.15) is 0 Å². The van der Waals surface area contributed by atoms with E-state index in [1.165, 1.54) is 34.2 Å². The van der Waals surface area contributed by atoms with Crippen molar-refractivity contribution in [3.8, 4) is 11.1 Å². The average molecular weight is 236 g/mol. The minimum atomic E-state index is 0.594. The van der Waals surface area contributed by atoms with E-state index < -0.39 is 0 Å². The van der Waals surface area contributed by atoms with Gasteiger partial charge >= 0.3 is 0 Å². The zero-order valence-corrected chi connectivity index (χ0v) is 11.7. The van der Waals surface area contributed by atoms with Crippen molar-refractivity contribution in [1.82, 2.24) is 0 Å². The molecule has 0 saturated carbocycles. The fourth-order valence-corrected chi connectivity index (χ4v) is 3.59. The van der Waals surface area contributed by atoms with Crippen molar-refractivity contribution in [2.75, 3.05) is 0 Å². The summed E-state index contributed by atoms with van der Waals surface area (Å²) in [6.07, 6.45) is 1.19. The topological polar surface area (TPSA) is 0 Å². The van der Waals surface area contributed by atoms with E-state index in [-0.39, 0.29) is 0 Å². The largest absolute Gasteiger partial charge is 0.0645 e. The molecule has 18 heavy (non-hydrogen) atoms. The Kier molecular flexibility index (Phi) is 2.55. The van der Waals surface area contributed by atoms with E-state index in [2.05, 4.69) is 58.0 Å². The summed E-state index contributed by atoms with van der Waals surface area (Å²) in [5.74, 6) is 0.594. The molecule has 92 valence electrons. The van der Waals surface area contributed by atoms with Gasteiger partial charge in [0.15, 0.2) is 0 Å². The van der Waals surface area contributed by atoms with Crippen molar-refractivity contribution in [2.45, 2.75) is 40.0 Å². The number of hydrogen-bond donors (Lipinski definition) is 0. The molecule has 0 unspecified atom stereocenters. The molecule has 2 aromatic rings. The number of benzene rings is 2.